The summed E-state index contributed by atoms with van der Waals surface area (Å²) in [6.45, 7) is 0. The van der Waals surface area contributed by atoms with E-state index >= 15 is 0 Å². The second kappa shape index (κ2) is 5.87. The van der Waals surface area contributed by atoms with Crippen LogP contribution in [0.5, 0.6) is 0 Å². The van der Waals surface area contributed by atoms with Crippen LogP contribution in [0.25, 0.3) is 0 Å². The molecule has 0 saturated heterocycles. The van der Waals surface area contributed by atoms with Gasteiger partial charge in [0.1, 0.15) is 11.6 Å². The molecule has 1 N–H and O–H groups in total. The van der Waals surface area contributed by atoms with Crippen LogP contribution in [0.4, 0.5) is 8.78 Å². The molecular formula is C13H15F2NO3S. The molecule has 0 aliphatic heterocycles. The fraction of sp³-hybridized carbons (Fsp3) is 0.462. The molecule has 0 heterocycles. The average Bonchev–Trinajstić information content (AvgIpc) is 2.86. The Morgan fingerprint density at radius 1 is 1.25 bits per heavy atom. The van der Waals surface area contributed by atoms with Crippen molar-refractivity contribution in [2.75, 3.05) is 0 Å². The third-order valence-electron chi connectivity index (χ3n) is 3.34. The number of benzene rings is 1. The van der Waals surface area contributed by atoms with E-state index in [-0.39, 0.29) is 11.5 Å². The minimum Gasteiger partial charge on any atom is -0.274 e. The second-order valence-corrected chi connectivity index (χ2v) is 6.66. The van der Waals surface area contributed by atoms with Crippen molar-refractivity contribution in [2.45, 2.75) is 31.4 Å². The molecule has 1 aliphatic rings. The molecule has 0 unspecified atom stereocenters. The van der Waals surface area contributed by atoms with Gasteiger partial charge in [0.2, 0.25) is 15.9 Å². The Morgan fingerprint density at radius 2 is 1.90 bits per heavy atom. The maximum Gasteiger partial charge on any atom is 0.239 e. The minimum absolute atomic E-state index is 0.168. The smallest absolute Gasteiger partial charge is 0.239 e. The van der Waals surface area contributed by atoms with Gasteiger partial charge in [-0.1, -0.05) is 18.9 Å². The third-order valence-corrected chi connectivity index (χ3v) is 4.55. The summed E-state index contributed by atoms with van der Waals surface area (Å²) in [5.41, 5.74) is -0.168. The van der Waals surface area contributed by atoms with Gasteiger partial charge in [-0.2, -0.15) is 0 Å². The van der Waals surface area contributed by atoms with Gasteiger partial charge in [-0.15, -0.1) is 0 Å². The van der Waals surface area contributed by atoms with E-state index in [1.807, 2.05) is 4.72 Å². The molecule has 1 aromatic carbocycles. The van der Waals surface area contributed by atoms with Crippen molar-refractivity contribution in [3.05, 3.63) is 35.4 Å². The number of hydrogen-bond donors (Lipinski definition) is 1. The van der Waals surface area contributed by atoms with Crippen molar-refractivity contribution in [2.24, 2.45) is 5.92 Å². The van der Waals surface area contributed by atoms with Gasteiger partial charge in [0.15, 0.2) is 0 Å². The topological polar surface area (TPSA) is 63.2 Å². The highest BCUT2D eigenvalue weighted by molar-refractivity contribution is 7.89. The molecule has 2 rings (SSSR count). The quantitative estimate of drug-likeness (QED) is 0.926. The Hall–Kier alpha value is -1.50. The molecule has 7 heteroatoms. The van der Waals surface area contributed by atoms with Gasteiger partial charge in [0.25, 0.3) is 0 Å². The number of carbonyl (C=O) groups excluding carboxylic acids is 1. The van der Waals surface area contributed by atoms with Crippen LogP contribution in [-0.4, -0.2) is 14.3 Å². The van der Waals surface area contributed by atoms with E-state index in [2.05, 4.69) is 0 Å². The number of hydrogen-bond acceptors (Lipinski definition) is 3. The van der Waals surface area contributed by atoms with Gasteiger partial charge in [-0.25, -0.2) is 17.2 Å². The molecule has 1 saturated carbocycles. The predicted octanol–water partition coefficient (Wildman–Crippen LogP) is 2.10. The summed E-state index contributed by atoms with van der Waals surface area (Å²) in [6, 6.07) is 2.65. The minimum atomic E-state index is -3.97. The molecule has 0 aromatic heterocycles. The first-order valence-electron chi connectivity index (χ1n) is 6.35. The molecule has 0 atom stereocenters. The fourth-order valence-electron chi connectivity index (χ4n) is 2.30. The van der Waals surface area contributed by atoms with Crippen LogP contribution in [-0.2, 0) is 20.6 Å². The molecule has 1 amide bonds. The first-order valence-corrected chi connectivity index (χ1v) is 8.01. The number of halogens is 2. The standard InChI is InChI=1S/C13H15F2NO3S/c14-11-6-5-10(12(15)7-11)8-20(18,19)16-13(17)9-3-1-2-4-9/h5-7,9H,1-4,8H2,(H,16,17). The maximum atomic E-state index is 13.4. The number of carbonyl (C=O) groups is 1. The maximum absolute atomic E-state index is 13.4. The first-order chi connectivity index (χ1) is 9.37. The lowest BCUT2D eigenvalue weighted by atomic mass is 10.1. The van der Waals surface area contributed by atoms with Gasteiger partial charge in [0.05, 0.1) is 5.75 Å². The van der Waals surface area contributed by atoms with E-state index in [0.29, 0.717) is 18.9 Å². The van der Waals surface area contributed by atoms with Crippen LogP contribution in [0, 0.1) is 17.6 Å². The van der Waals surface area contributed by atoms with Gasteiger partial charge in [-0.05, 0) is 18.9 Å². The Labute approximate surface area is 116 Å². The lowest BCUT2D eigenvalue weighted by Gasteiger charge is -2.11. The van der Waals surface area contributed by atoms with E-state index in [0.717, 1.165) is 25.0 Å². The monoisotopic (exact) mass is 303 g/mol. The van der Waals surface area contributed by atoms with Crippen molar-refractivity contribution in [3.63, 3.8) is 0 Å². The normalized spacial score (nSPS) is 16.3. The van der Waals surface area contributed by atoms with Crippen LogP contribution in [0.3, 0.4) is 0 Å². The summed E-state index contributed by atoms with van der Waals surface area (Å²) in [6.07, 6.45) is 3.16. The van der Waals surface area contributed by atoms with Crippen molar-refractivity contribution in [1.82, 2.24) is 4.72 Å². The van der Waals surface area contributed by atoms with Crippen molar-refractivity contribution >= 4 is 15.9 Å². The molecule has 1 aromatic rings. The molecule has 1 fully saturated rings. The van der Waals surface area contributed by atoms with E-state index < -0.39 is 33.3 Å². The van der Waals surface area contributed by atoms with Crippen LogP contribution in [0.1, 0.15) is 31.2 Å². The Morgan fingerprint density at radius 3 is 2.50 bits per heavy atom. The molecular weight excluding hydrogens is 288 g/mol. The van der Waals surface area contributed by atoms with Gasteiger partial charge in [-0.3, -0.25) is 9.52 Å². The number of sulfonamides is 1. The SMILES string of the molecule is O=C(NS(=O)(=O)Cc1ccc(F)cc1F)C1CCCC1. The molecule has 110 valence electrons. The Bertz CT molecular complexity index is 610. The summed E-state index contributed by atoms with van der Waals surface area (Å²) >= 11 is 0. The van der Waals surface area contributed by atoms with Crippen molar-refractivity contribution in [1.29, 1.82) is 0 Å². The van der Waals surface area contributed by atoms with Gasteiger partial charge < -0.3 is 0 Å². The lowest BCUT2D eigenvalue weighted by molar-refractivity contribution is -0.122. The summed E-state index contributed by atoms with van der Waals surface area (Å²) in [4.78, 5) is 11.7. The molecule has 0 bridgehead atoms. The first kappa shape index (κ1) is 14.9. The molecule has 0 spiro atoms. The van der Waals surface area contributed by atoms with Crippen molar-refractivity contribution in [3.8, 4) is 0 Å². The summed E-state index contributed by atoms with van der Waals surface area (Å²) in [5.74, 6) is -3.23. The largest absolute Gasteiger partial charge is 0.274 e. The Kier molecular flexibility index (Phi) is 4.37. The van der Waals surface area contributed by atoms with Gasteiger partial charge >= 0.3 is 0 Å². The zero-order chi connectivity index (χ0) is 14.8. The van der Waals surface area contributed by atoms with Crippen LogP contribution in [0.2, 0.25) is 0 Å². The van der Waals surface area contributed by atoms with Gasteiger partial charge in [0, 0.05) is 17.5 Å². The summed E-state index contributed by atoms with van der Waals surface area (Å²) in [5, 5.41) is 0. The second-order valence-electron chi connectivity index (χ2n) is 4.94. The highest BCUT2D eigenvalue weighted by Crippen LogP contribution is 2.25. The van der Waals surface area contributed by atoms with Crippen LogP contribution in [0.15, 0.2) is 18.2 Å². The van der Waals surface area contributed by atoms with Crippen LogP contribution >= 0.6 is 0 Å². The zero-order valence-electron chi connectivity index (χ0n) is 10.7. The van der Waals surface area contributed by atoms with Crippen molar-refractivity contribution < 1.29 is 22.0 Å². The lowest BCUT2D eigenvalue weighted by Crippen LogP contribution is -2.35. The van der Waals surface area contributed by atoms with E-state index in [1.165, 1.54) is 0 Å². The highest BCUT2D eigenvalue weighted by atomic mass is 32.2. The third kappa shape index (κ3) is 3.75. The average molecular weight is 303 g/mol. The van der Waals surface area contributed by atoms with Crippen LogP contribution < -0.4 is 4.72 Å². The molecule has 0 radical (unpaired) electrons. The van der Waals surface area contributed by atoms with E-state index in [4.69, 9.17) is 0 Å². The molecule has 4 nitrogen and oxygen atoms in total. The molecule has 1 aliphatic carbocycles. The summed E-state index contributed by atoms with van der Waals surface area (Å²) < 4.78 is 51.7. The Balaban J connectivity index is 2.05. The predicted molar refractivity (Wildman–Crippen MR) is 69.1 cm³/mol. The summed E-state index contributed by atoms with van der Waals surface area (Å²) in [7, 11) is -3.97. The molecule has 20 heavy (non-hydrogen) atoms. The number of nitrogens with one attached hydrogen (secondary N) is 1. The van der Waals surface area contributed by atoms with E-state index in [9.17, 15) is 22.0 Å². The zero-order valence-corrected chi connectivity index (χ0v) is 11.6. The highest BCUT2D eigenvalue weighted by Gasteiger charge is 2.26. The fourth-order valence-corrected chi connectivity index (χ4v) is 3.49. The van der Waals surface area contributed by atoms with E-state index in [1.54, 1.807) is 0 Å². The number of amides is 1. The number of rotatable bonds is 4.